The van der Waals surface area contributed by atoms with Crippen molar-refractivity contribution >= 4 is 34.0 Å². The molecule has 2 aliphatic rings. The summed E-state index contributed by atoms with van der Waals surface area (Å²) in [4.78, 5) is 31.6. The lowest BCUT2D eigenvalue weighted by atomic mass is 10.1. The molecule has 1 aromatic heterocycles. The Balaban J connectivity index is 1.60. The molecule has 3 heterocycles. The maximum absolute atomic E-state index is 12.3. The van der Waals surface area contributed by atoms with Gasteiger partial charge in [-0.3, -0.25) is 14.9 Å². The van der Waals surface area contributed by atoms with E-state index in [1.165, 1.54) is 11.3 Å². The van der Waals surface area contributed by atoms with Gasteiger partial charge in [-0.05, 0) is 44.9 Å². The standard InChI is InChI=1S/C19H21N3O4S/c1-3-22-13-9-12(6-7-14(13)26-10-16(22)23)17-11(2)27-19(20-17)21-18(24)15-5-4-8-25-15/h6-7,9,15H,3-5,8,10H2,1-2H3,(H,20,21,24)/t15-/m1/s1. The van der Waals surface area contributed by atoms with Crippen LogP contribution in [0.4, 0.5) is 10.8 Å². The molecular weight excluding hydrogens is 366 g/mol. The second-order valence-corrected chi connectivity index (χ2v) is 7.73. The van der Waals surface area contributed by atoms with Crippen molar-refractivity contribution in [3.8, 4) is 17.0 Å². The molecule has 0 unspecified atom stereocenters. The van der Waals surface area contributed by atoms with Gasteiger partial charge in [0.2, 0.25) is 0 Å². The Bertz CT molecular complexity index is 889. The molecule has 2 aliphatic heterocycles. The van der Waals surface area contributed by atoms with Crippen molar-refractivity contribution in [2.45, 2.75) is 32.8 Å². The van der Waals surface area contributed by atoms with Gasteiger partial charge in [0.25, 0.3) is 11.8 Å². The van der Waals surface area contributed by atoms with Gasteiger partial charge in [0, 0.05) is 23.6 Å². The Morgan fingerprint density at radius 3 is 3.04 bits per heavy atom. The van der Waals surface area contributed by atoms with Crippen molar-refractivity contribution < 1.29 is 19.1 Å². The Kier molecular flexibility index (Phi) is 4.84. The van der Waals surface area contributed by atoms with Gasteiger partial charge in [0.05, 0.1) is 11.4 Å². The number of fused-ring (bicyclic) bond motifs is 1. The molecule has 0 bridgehead atoms. The van der Waals surface area contributed by atoms with E-state index in [0.29, 0.717) is 24.0 Å². The van der Waals surface area contributed by atoms with E-state index in [9.17, 15) is 9.59 Å². The molecule has 2 amide bonds. The van der Waals surface area contributed by atoms with Crippen LogP contribution in [-0.4, -0.2) is 42.7 Å². The van der Waals surface area contributed by atoms with Crippen LogP contribution in [0.1, 0.15) is 24.6 Å². The SMILES string of the molecule is CCN1C(=O)COc2ccc(-c3nc(NC(=O)[C@H]4CCCO4)sc3C)cc21. The molecule has 1 fully saturated rings. The quantitative estimate of drug-likeness (QED) is 0.872. The molecule has 8 heteroatoms. The number of thiazole rings is 1. The molecule has 1 saturated heterocycles. The van der Waals surface area contributed by atoms with Gasteiger partial charge in [-0.15, -0.1) is 11.3 Å². The summed E-state index contributed by atoms with van der Waals surface area (Å²) in [6.07, 6.45) is 1.27. The predicted molar refractivity (Wildman–Crippen MR) is 103 cm³/mol. The first-order chi connectivity index (χ1) is 13.1. The minimum Gasteiger partial charge on any atom is -0.482 e. The number of nitrogens with one attached hydrogen (secondary N) is 1. The van der Waals surface area contributed by atoms with Crippen LogP contribution in [0.5, 0.6) is 5.75 Å². The Labute approximate surface area is 161 Å². The molecule has 2 aromatic rings. The van der Waals surface area contributed by atoms with E-state index in [-0.39, 0.29) is 24.5 Å². The molecule has 142 valence electrons. The van der Waals surface area contributed by atoms with Crippen LogP contribution in [0.2, 0.25) is 0 Å². The zero-order valence-corrected chi connectivity index (χ0v) is 16.1. The number of carbonyl (C=O) groups is 2. The normalized spacial score (nSPS) is 19.0. The monoisotopic (exact) mass is 387 g/mol. The van der Waals surface area contributed by atoms with E-state index in [2.05, 4.69) is 10.3 Å². The number of hydrogen-bond donors (Lipinski definition) is 1. The largest absolute Gasteiger partial charge is 0.482 e. The highest BCUT2D eigenvalue weighted by molar-refractivity contribution is 7.16. The molecule has 1 atom stereocenters. The number of aryl methyl sites for hydroxylation is 1. The Morgan fingerprint density at radius 2 is 2.30 bits per heavy atom. The van der Waals surface area contributed by atoms with Crippen LogP contribution in [0.25, 0.3) is 11.3 Å². The first-order valence-electron chi connectivity index (χ1n) is 9.04. The topological polar surface area (TPSA) is 80.8 Å². The van der Waals surface area contributed by atoms with Crippen LogP contribution >= 0.6 is 11.3 Å². The van der Waals surface area contributed by atoms with E-state index < -0.39 is 0 Å². The molecule has 4 rings (SSSR count). The van der Waals surface area contributed by atoms with Gasteiger partial charge in [-0.2, -0.15) is 0 Å². The van der Waals surface area contributed by atoms with Crippen molar-refractivity contribution in [1.82, 2.24) is 4.98 Å². The van der Waals surface area contributed by atoms with Gasteiger partial charge in [0.1, 0.15) is 11.9 Å². The highest BCUT2D eigenvalue weighted by atomic mass is 32.1. The maximum atomic E-state index is 12.3. The first-order valence-corrected chi connectivity index (χ1v) is 9.86. The zero-order chi connectivity index (χ0) is 19.0. The minimum absolute atomic E-state index is 0.0540. The summed E-state index contributed by atoms with van der Waals surface area (Å²) in [5.74, 6) is 0.496. The van der Waals surface area contributed by atoms with E-state index in [1.807, 2.05) is 32.0 Å². The van der Waals surface area contributed by atoms with Gasteiger partial charge >= 0.3 is 0 Å². The van der Waals surface area contributed by atoms with Gasteiger partial charge in [0.15, 0.2) is 11.7 Å². The smallest absolute Gasteiger partial charge is 0.265 e. The van der Waals surface area contributed by atoms with Gasteiger partial charge in [-0.1, -0.05) is 0 Å². The minimum atomic E-state index is -0.386. The number of carbonyl (C=O) groups excluding carboxylic acids is 2. The number of benzene rings is 1. The van der Waals surface area contributed by atoms with Gasteiger partial charge < -0.3 is 14.4 Å². The van der Waals surface area contributed by atoms with Crippen molar-refractivity contribution in [2.24, 2.45) is 0 Å². The van der Waals surface area contributed by atoms with E-state index in [4.69, 9.17) is 9.47 Å². The summed E-state index contributed by atoms with van der Waals surface area (Å²) in [6.45, 7) is 5.18. The van der Waals surface area contributed by atoms with Crippen molar-refractivity contribution in [2.75, 3.05) is 30.0 Å². The number of rotatable bonds is 4. The van der Waals surface area contributed by atoms with E-state index in [0.717, 1.165) is 34.7 Å². The number of amides is 2. The molecule has 27 heavy (non-hydrogen) atoms. The summed E-state index contributed by atoms with van der Waals surface area (Å²) in [5.41, 5.74) is 2.43. The fourth-order valence-electron chi connectivity index (χ4n) is 3.38. The third-order valence-corrected chi connectivity index (χ3v) is 5.63. The molecule has 0 aliphatic carbocycles. The predicted octanol–water partition coefficient (Wildman–Crippen LogP) is 2.98. The van der Waals surface area contributed by atoms with E-state index in [1.54, 1.807) is 4.90 Å². The van der Waals surface area contributed by atoms with Crippen LogP contribution in [0, 0.1) is 6.92 Å². The summed E-state index contributed by atoms with van der Waals surface area (Å²) in [7, 11) is 0. The highest BCUT2D eigenvalue weighted by Gasteiger charge is 2.26. The Hall–Kier alpha value is -2.45. The number of hydrogen-bond acceptors (Lipinski definition) is 6. The van der Waals surface area contributed by atoms with Crippen LogP contribution in [0.15, 0.2) is 18.2 Å². The number of nitrogens with zero attached hydrogens (tertiary/aromatic N) is 2. The van der Waals surface area contributed by atoms with Crippen molar-refractivity contribution in [1.29, 1.82) is 0 Å². The number of likely N-dealkylation sites (N-methyl/N-ethyl adjacent to an activating group) is 1. The highest BCUT2D eigenvalue weighted by Crippen LogP contribution is 2.38. The number of anilines is 2. The third kappa shape index (κ3) is 3.42. The molecule has 7 nitrogen and oxygen atoms in total. The first kappa shape index (κ1) is 17.9. The average Bonchev–Trinajstić information content (AvgIpc) is 3.31. The average molecular weight is 387 g/mol. The lowest BCUT2D eigenvalue weighted by Crippen LogP contribution is -2.38. The van der Waals surface area contributed by atoms with Gasteiger partial charge in [-0.25, -0.2) is 4.98 Å². The Morgan fingerprint density at radius 1 is 1.44 bits per heavy atom. The second-order valence-electron chi connectivity index (χ2n) is 6.52. The lowest BCUT2D eigenvalue weighted by Gasteiger charge is -2.28. The summed E-state index contributed by atoms with van der Waals surface area (Å²) in [6, 6.07) is 5.71. The number of aromatic nitrogens is 1. The summed E-state index contributed by atoms with van der Waals surface area (Å²) >= 11 is 1.43. The fourth-order valence-corrected chi connectivity index (χ4v) is 4.22. The second kappa shape index (κ2) is 7.28. The summed E-state index contributed by atoms with van der Waals surface area (Å²) in [5, 5.41) is 3.41. The maximum Gasteiger partial charge on any atom is 0.265 e. The summed E-state index contributed by atoms with van der Waals surface area (Å²) < 4.78 is 10.9. The molecule has 0 spiro atoms. The zero-order valence-electron chi connectivity index (χ0n) is 15.3. The fraction of sp³-hybridized carbons (Fsp3) is 0.421. The molecule has 0 radical (unpaired) electrons. The third-order valence-electron chi connectivity index (χ3n) is 4.74. The van der Waals surface area contributed by atoms with E-state index >= 15 is 0 Å². The molecule has 0 saturated carbocycles. The van der Waals surface area contributed by atoms with Crippen LogP contribution in [-0.2, 0) is 14.3 Å². The molecule has 1 aromatic carbocycles. The van der Waals surface area contributed by atoms with Crippen LogP contribution in [0.3, 0.4) is 0 Å². The lowest BCUT2D eigenvalue weighted by molar-refractivity contribution is -0.124. The molecule has 1 N–H and O–H groups in total. The van der Waals surface area contributed by atoms with Crippen molar-refractivity contribution in [3.63, 3.8) is 0 Å². The number of ether oxygens (including phenoxy) is 2. The van der Waals surface area contributed by atoms with Crippen LogP contribution < -0.4 is 15.0 Å². The van der Waals surface area contributed by atoms with Crippen molar-refractivity contribution in [3.05, 3.63) is 23.1 Å². The molecular formula is C19H21N3O4S.